The maximum Gasteiger partial charge on any atom is 0.311 e. The van der Waals surface area contributed by atoms with Gasteiger partial charge < -0.3 is 14.7 Å². The first-order valence-electron chi connectivity index (χ1n) is 6.97. The van der Waals surface area contributed by atoms with Gasteiger partial charge >= 0.3 is 5.97 Å². The zero-order chi connectivity index (χ0) is 15.6. The Kier molecular flexibility index (Phi) is 4.62. The van der Waals surface area contributed by atoms with Gasteiger partial charge in [-0.2, -0.15) is 5.10 Å². The van der Waals surface area contributed by atoms with Gasteiger partial charge in [-0.25, -0.2) is 0 Å². The molecule has 1 aliphatic rings. The van der Waals surface area contributed by atoms with Gasteiger partial charge in [0.05, 0.1) is 24.9 Å². The van der Waals surface area contributed by atoms with Gasteiger partial charge in [0.15, 0.2) is 0 Å². The molecular formula is C14H21N3O4. The van der Waals surface area contributed by atoms with Crippen LogP contribution in [0.3, 0.4) is 0 Å². The molecule has 2 heterocycles. The smallest absolute Gasteiger partial charge is 0.311 e. The summed E-state index contributed by atoms with van der Waals surface area (Å²) in [6.07, 6.45) is 0.293. The molecule has 0 spiro atoms. The number of carboxylic acids is 1. The SMILES string of the molecule is Cc1cc(C)n(CCC(=O)N(C)C2COCC2C(=O)O)n1. The van der Waals surface area contributed by atoms with Crippen molar-refractivity contribution in [2.75, 3.05) is 20.3 Å². The quantitative estimate of drug-likeness (QED) is 0.852. The van der Waals surface area contributed by atoms with Gasteiger partial charge in [0.2, 0.25) is 5.91 Å². The van der Waals surface area contributed by atoms with E-state index in [1.54, 1.807) is 11.7 Å². The molecule has 1 saturated heterocycles. The monoisotopic (exact) mass is 295 g/mol. The standard InChI is InChI=1S/C14H21N3O4/c1-9-6-10(2)17(15-9)5-4-13(18)16(3)12-8-21-7-11(12)14(19)20/h6,11-12H,4-5,7-8H2,1-3H3,(H,19,20). The maximum atomic E-state index is 12.2. The fourth-order valence-electron chi connectivity index (χ4n) is 2.62. The minimum atomic E-state index is -0.921. The Bertz CT molecular complexity index is 540. The van der Waals surface area contributed by atoms with E-state index in [1.807, 2.05) is 19.9 Å². The molecule has 1 N–H and O–H groups in total. The molecule has 1 aromatic heterocycles. The molecule has 0 saturated carbocycles. The fourth-order valence-corrected chi connectivity index (χ4v) is 2.62. The van der Waals surface area contributed by atoms with E-state index in [4.69, 9.17) is 9.84 Å². The summed E-state index contributed by atoms with van der Waals surface area (Å²) in [6, 6.07) is 1.56. The van der Waals surface area contributed by atoms with E-state index < -0.39 is 17.9 Å². The van der Waals surface area contributed by atoms with Crippen LogP contribution >= 0.6 is 0 Å². The Labute approximate surface area is 123 Å². The number of aliphatic carboxylic acids is 1. The van der Waals surface area contributed by atoms with Crippen molar-refractivity contribution >= 4 is 11.9 Å². The minimum absolute atomic E-state index is 0.0932. The second-order valence-electron chi connectivity index (χ2n) is 5.45. The molecule has 1 fully saturated rings. The number of carboxylic acid groups (broad SMARTS) is 1. The number of nitrogens with zero attached hydrogens (tertiary/aromatic N) is 3. The molecule has 2 rings (SSSR count). The molecule has 1 aromatic rings. The average molecular weight is 295 g/mol. The third kappa shape index (κ3) is 3.41. The first-order chi connectivity index (χ1) is 9.90. The largest absolute Gasteiger partial charge is 0.481 e. The van der Waals surface area contributed by atoms with Gasteiger partial charge in [-0.3, -0.25) is 14.3 Å². The van der Waals surface area contributed by atoms with Crippen molar-refractivity contribution in [1.29, 1.82) is 0 Å². The molecule has 21 heavy (non-hydrogen) atoms. The molecule has 1 amide bonds. The highest BCUT2D eigenvalue weighted by atomic mass is 16.5. The zero-order valence-corrected chi connectivity index (χ0v) is 12.6. The number of amides is 1. The van der Waals surface area contributed by atoms with E-state index in [2.05, 4.69) is 5.10 Å². The Hall–Kier alpha value is -1.89. The van der Waals surface area contributed by atoms with E-state index in [9.17, 15) is 9.59 Å². The summed E-state index contributed by atoms with van der Waals surface area (Å²) in [5.41, 5.74) is 1.93. The second-order valence-corrected chi connectivity index (χ2v) is 5.45. The third-order valence-electron chi connectivity index (χ3n) is 3.90. The van der Waals surface area contributed by atoms with Crippen LogP contribution in [0.4, 0.5) is 0 Å². The van der Waals surface area contributed by atoms with Crippen LogP contribution in [0.1, 0.15) is 17.8 Å². The number of likely N-dealkylation sites (N-methyl/N-ethyl adjacent to an activating group) is 1. The molecule has 1 aliphatic heterocycles. The first-order valence-corrected chi connectivity index (χ1v) is 6.97. The topological polar surface area (TPSA) is 84.7 Å². The lowest BCUT2D eigenvalue weighted by Crippen LogP contribution is -2.44. The van der Waals surface area contributed by atoms with Gasteiger partial charge in [-0.1, -0.05) is 0 Å². The van der Waals surface area contributed by atoms with Crippen LogP contribution in [-0.4, -0.2) is 58.0 Å². The molecular weight excluding hydrogens is 274 g/mol. The van der Waals surface area contributed by atoms with Gasteiger partial charge in [0, 0.05) is 25.7 Å². The lowest BCUT2D eigenvalue weighted by molar-refractivity contribution is -0.144. The van der Waals surface area contributed by atoms with Gasteiger partial charge in [0.25, 0.3) is 0 Å². The molecule has 0 aliphatic carbocycles. The Morgan fingerprint density at radius 1 is 1.48 bits per heavy atom. The van der Waals surface area contributed by atoms with Gasteiger partial charge in [0.1, 0.15) is 5.92 Å². The number of aryl methyl sites for hydroxylation is 3. The number of carbonyl (C=O) groups is 2. The number of aromatic nitrogens is 2. The van der Waals surface area contributed by atoms with Gasteiger partial charge in [-0.05, 0) is 19.9 Å². The van der Waals surface area contributed by atoms with Crippen LogP contribution in [0.25, 0.3) is 0 Å². The number of hydrogen-bond donors (Lipinski definition) is 1. The first kappa shape index (κ1) is 15.5. The summed E-state index contributed by atoms with van der Waals surface area (Å²) >= 11 is 0. The van der Waals surface area contributed by atoms with E-state index in [0.717, 1.165) is 11.4 Å². The molecule has 2 atom stereocenters. The zero-order valence-electron chi connectivity index (χ0n) is 12.6. The summed E-state index contributed by atoms with van der Waals surface area (Å²) in [4.78, 5) is 24.9. The van der Waals surface area contributed by atoms with Crippen molar-refractivity contribution in [1.82, 2.24) is 14.7 Å². The van der Waals surface area contributed by atoms with Crippen LogP contribution in [0.15, 0.2) is 6.07 Å². The fraction of sp³-hybridized carbons (Fsp3) is 0.643. The summed E-state index contributed by atoms with van der Waals surface area (Å²) in [5, 5.41) is 13.4. The van der Waals surface area contributed by atoms with Gasteiger partial charge in [-0.15, -0.1) is 0 Å². The van der Waals surface area contributed by atoms with Crippen LogP contribution in [-0.2, 0) is 20.9 Å². The van der Waals surface area contributed by atoms with Crippen molar-refractivity contribution in [3.05, 3.63) is 17.5 Å². The highest BCUT2D eigenvalue weighted by Crippen LogP contribution is 2.19. The second kappa shape index (κ2) is 6.26. The highest BCUT2D eigenvalue weighted by Gasteiger charge is 2.38. The molecule has 2 unspecified atom stereocenters. The van der Waals surface area contributed by atoms with Crippen molar-refractivity contribution in [2.24, 2.45) is 5.92 Å². The Morgan fingerprint density at radius 3 is 2.76 bits per heavy atom. The number of hydrogen-bond acceptors (Lipinski definition) is 4. The number of rotatable bonds is 5. The Morgan fingerprint density at radius 2 is 2.19 bits per heavy atom. The predicted molar refractivity (Wildman–Crippen MR) is 74.8 cm³/mol. The average Bonchev–Trinajstić information content (AvgIpc) is 3.01. The summed E-state index contributed by atoms with van der Waals surface area (Å²) in [7, 11) is 1.64. The van der Waals surface area contributed by atoms with Crippen molar-refractivity contribution in [3.8, 4) is 0 Å². The summed E-state index contributed by atoms with van der Waals surface area (Å²) in [5.74, 6) is -1.66. The van der Waals surface area contributed by atoms with Crippen molar-refractivity contribution in [2.45, 2.75) is 32.9 Å². The highest BCUT2D eigenvalue weighted by molar-refractivity contribution is 5.78. The van der Waals surface area contributed by atoms with Crippen molar-refractivity contribution in [3.63, 3.8) is 0 Å². The van der Waals surface area contributed by atoms with Crippen LogP contribution in [0.2, 0.25) is 0 Å². The lowest BCUT2D eigenvalue weighted by Gasteiger charge is -2.26. The third-order valence-corrected chi connectivity index (χ3v) is 3.90. The Balaban J connectivity index is 1.93. The molecule has 116 valence electrons. The van der Waals surface area contributed by atoms with Crippen LogP contribution in [0, 0.1) is 19.8 Å². The predicted octanol–water partition coefficient (Wildman–Crippen LogP) is 0.448. The number of carbonyl (C=O) groups excluding carboxylic acids is 1. The number of ether oxygens (including phenoxy) is 1. The lowest BCUT2D eigenvalue weighted by atomic mass is 10.0. The molecule has 0 aromatic carbocycles. The summed E-state index contributed by atoms with van der Waals surface area (Å²) in [6.45, 7) is 4.78. The molecule has 0 bridgehead atoms. The van der Waals surface area contributed by atoms with E-state index >= 15 is 0 Å². The van der Waals surface area contributed by atoms with E-state index in [0.29, 0.717) is 13.0 Å². The molecule has 7 nitrogen and oxygen atoms in total. The minimum Gasteiger partial charge on any atom is -0.481 e. The molecule has 0 radical (unpaired) electrons. The van der Waals surface area contributed by atoms with E-state index in [1.165, 1.54) is 4.90 Å². The van der Waals surface area contributed by atoms with E-state index in [-0.39, 0.29) is 19.1 Å². The van der Waals surface area contributed by atoms with Crippen molar-refractivity contribution < 1.29 is 19.4 Å². The van der Waals surface area contributed by atoms with Crippen LogP contribution in [0.5, 0.6) is 0 Å². The van der Waals surface area contributed by atoms with Crippen LogP contribution < -0.4 is 0 Å². The maximum absolute atomic E-state index is 12.2. The normalized spacial score (nSPS) is 21.5. The molecule has 7 heteroatoms. The summed E-state index contributed by atoms with van der Waals surface area (Å²) < 4.78 is 6.99.